The van der Waals surface area contributed by atoms with Crippen molar-refractivity contribution in [3.8, 4) is 11.5 Å². The van der Waals surface area contributed by atoms with Crippen molar-refractivity contribution in [3.05, 3.63) is 57.3 Å². The third-order valence-corrected chi connectivity index (χ3v) is 3.57. The number of nitrogens with one attached hydrogen (secondary N) is 1. The highest BCUT2D eigenvalue weighted by Gasteiger charge is 2.10. The molecule has 0 bridgehead atoms. The number of ether oxygens (including phenoxy) is 1. The zero-order valence-corrected chi connectivity index (χ0v) is 14.1. The van der Waals surface area contributed by atoms with E-state index in [2.05, 4.69) is 35.1 Å². The lowest BCUT2D eigenvalue weighted by atomic mass is 10.2. The van der Waals surface area contributed by atoms with E-state index in [1.54, 1.807) is 24.3 Å². The van der Waals surface area contributed by atoms with Crippen LogP contribution in [0.1, 0.15) is 19.4 Å². The molecule has 2 aromatic carbocycles. The van der Waals surface area contributed by atoms with E-state index in [1.807, 2.05) is 6.07 Å². The summed E-state index contributed by atoms with van der Waals surface area (Å²) in [6.45, 7) is 4.71. The minimum absolute atomic E-state index is 0.186. The summed E-state index contributed by atoms with van der Waals surface area (Å²) in [5.74, 6) is 0.363. The van der Waals surface area contributed by atoms with E-state index in [4.69, 9.17) is 16.3 Å². The van der Waals surface area contributed by atoms with Gasteiger partial charge in [-0.05, 0) is 36.4 Å². The first-order valence-electron chi connectivity index (χ1n) is 6.60. The third kappa shape index (κ3) is 4.70. The van der Waals surface area contributed by atoms with Gasteiger partial charge in [0.2, 0.25) is 0 Å². The van der Waals surface area contributed by atoms with Crippen LogP contribution in [-0.2, 0) is 6.54 Å². The fourth-order valence-corrected chi connectivity index (χ4v) is 2.30. The summed E-state index contributed by atoms with van der Waals surface area (Å²) in [6.07, 6.45) is 0. The second-order valence-electron chi connectivity index (χ2n) is 4.96. The maximum atomic E-state index is 13.9. The average molecular weight is 373 g/mol. The van der Waals surface area contributed by atoms with Crippen LogP contribution in [0.5, 0.6) is 11.5 Å². The van der Waals surface area contributed by atoms with E-state index in [9.17, 15) is 4.39 Å². The molecule has 0 aliphatic rings. The molecule has 0 unspecified atom stereocenters. The molecule has 0 fully saturated rings. The second-order valence-corrected chi connectivity index (χ2v) is 6.32. The SMILES string of the molecule is CC(C)NCc1cc(Cl)ccc1Oc1ccc(Br)cc1F. The van der Waals surface area contributed by atoms with Gasteiger partial charge in [0.05, 0.1) is 0 Å². The molecule has 112 valence electrons. The highest BCUT2D eigenvalue weighted by molar-refractivity contribution is 9.10. The van der Waals surface area contributed by atoms with Crippen LogP contribution >= 0.6 is 27.5 Å². The van der Waals surface area contributed by atoms with Gasteiger partial charge >= 0.3 is 0 Å². The predicted octanol–water partition coefficient (Wildman–Crippen LogP) is 5.53. The van der Waals surface area contributed by atoms with Crippen molar-refractivity contribution in [1.29, 1.82) is 0 Å². The second kappa shape index (κ2) is 7.25. The summed E-state index contributed by atoms with van der Waals surface area (Å²) in [6, 6.07) is 10.3. The Bertz CT molecular complexity index is 634. The largest absolute Gasteiger partial charge is 0.454 e. The fraction of sp³-hybridized carbons (Fsp3) is 0.250. The molecule has 0 radical (unpaired) electrons. The van der Waals surface area contributed by atoms with E-state index in [0.717, 1.165) is 5.56 Å². The van der Waals surface area contributed by atoms with Gasteiger partial charge < -0.3 is 10.1 Å². The van der Waals surface area contributed by atoms with E-state index in [0.29, 0.717) is 27.8 Å². The monoisotopic (exact) mass is 371 g/mol. The van der Waals surface area contributed by atoms with E-state index >= 15 is 0 Å². The van der Waals surface area contributed by atoms with Gasteiger partial charge in [-0.15, -0.1) is 0 Å². The Morgan fingerprint density at radius 1 is 1.19 bits per heavy atom. The number of halogens is 3. The Kier molecular flexibility index (Phi) is 5.62. The van der Waals surface area contributed by atoms with E-state index in [1.165, 1.54) is 6.07 Å². The zero-order chi connectivity index (χ0) is 15.4. The number of hydrogen-bond donors (Lipinski definition) is 1. The van der Waals surface area contributed by atoms with Gasteiger partial charge in [0.15, 0.2) is 11.6 Å². The Hall–Kier alpha value is -1.10. The minimum atomic E-state index is -0.415. The van der Waals surface area contributed by atoms with Crippen LogP contribution in [0.25, 0.3) is 0 Å². The Morgan fingerprint density at radius 3 is 2.57 bits per heavy atom. The molecule has 2 rings (SSSR count). The van der Waals surface area contributed by atoms with Crippen LogP contribution in [0.2, 0.25) is 5.02 Å². The fourth-order valence-electron chi connectivity index (χ4n) is 1.78. The van der Waals surface area contributed by atoms with Crippen LogP contribution in [0.15, 0.2) is 40.9 Å². The summed E-state index contributed by atoms with van der Waals surface area (Å²) in [5.41, 5.74) is 0.888. The van der Waals surface area contributed by atoms with E-state index < -0.39 is 5.82 Å². The average Bonchev–Trinajstić information content (AvgIpc) is 2.41. The first-order chi connectivity index (χ1) is 9.95. The molecule has 0 aromatic heterocycles. The van der Waals surface area contributed by atoms with Crippen LogP contribution < -0.4 is 10.1 Å². The molecule has 0 saturated heterocycles. The molecule has 21 heavy (non-hydrogen) atoms. The first kappa shape index (κ1) is 16.3. The molecule has 2 aromatic rings. The first-order valence-corrected chi connectivity index (χ1v) is 7.77. The Labute approximate surface area is 137 Å². The van der Waals surface area contributed by atoms with Crippen LogP contribution in [0.3, 0.4) is 0 Å². The number of benzene rings is 2. The highest BCUT2D eigenvalue weighted by atomic mass is 79.9. The van der Waals surface area contributed by atoms with Gasteiger partial charge in [-0.2, -0.15) is 0 Å². The summed E-state index contributed by atoms with van der Waals surface area (Å²) >= 11 is 9.25. The molecule has 0 amide bonds. The van der Waals surface area contributed by atoms with Crippen LogP contribution in [-0.4, -0.2) is 6.04 Å². The highest BCUT2D eigenvalue weighted by Crippen LogP contribution is 2.30. The van der Waals surface area contributed by atoms with Gasteiger partial charge in [0.25, 0.3) is 0 Å². The maximum Gasteiger partial charge on any atom is 0.166 e. The quantitative estimate of drug-likeness (QED) is 0.745. The summed E-state index contributed by atoms with van der Waals surface area (Å²) in [5, 5.41) is 3.92. The van der Waals surface area contributed by atoms with Gasteiger partial charge in [-0.1, -0.05) is 41.4 Å². The van der Waals surface area contributed by atoms with Crippen molar-refractivity contribution in [2.75, 3.05) is 0 Å². The summed E-state index contributed by atoms with van der Waals surface area (Å²) < 4.78 is 20.2. The molecule has 0 aliphatic carbocycles. The lowest BCUT2D eigenvalue weighted by Gasteiger charge is -2.14. The van der Waals surface area contributed by atoms with Crippen molar-refractivity contribution >= 4 is 27.5 Å². The van der Waals surface area contributed by atoms with Crippen molar-refractivity contribution in [1.82, 2.24) is 5.32 Å². The normalized spacial score (nSPS) is 11.0. The van der Waals surface area contributed by atoms with Crippen LogP contribution in [0, 0.1) is 5.82 Å². The summed E-state index contributed by atoms with van der Waals surface area (Å²) in [4.78, 5) is 0. The molecule has 0 spiro atoms. The Morgan fingerprint density at radius 2 is 1.90 bits per heavy atom. The topological polar surface area (TPSA) is 21.3 Å². The molecule has 1 N–H and O–H groups in total. The van der Waals surface area contributed by atoms with Crippen molar-refractivity contribution in [2.24, 2.45) is 0 Å². The molecule has 0 saturated carbocycles. The Balaban J connectivity index is 2.26. The smallest absolute Gasteiger partial charge is 0.166 e. The predicted molar refractivity (Wildman–Crippen MR) is 87.6 cm³/mol. The maximum absolute atomic E-state index is 13.9. The van der Waals surface area contributed by atoms with Gasteiger partial charge in [-0.3, -0.25) is 0 Å². The van der Waals surface area contributed by atoms with Gasteiger partial charge in [0.1, 0.15) is 5.75 Å². The molecular weight excluding hydrogens is 357 g/mol. The van der Waals surface area contributed by atoms with Gasteiger partial charge in [0, 0.05) is 27.6 Å². The lowest BCUT2D eigenvalue weighted by Crippen LogP contribution is -2.22. The molecular formula is C16H16BrClFNO. The van der Waals surface area contributed by atoms with Gasteiger partial charge in [-0.25, -0.2) is 4.39 Å². The lowest BCUT2D eigenvalue weighted by molar-refractivity contribution is 0.434. The summed E-state index contributed by atoms with van der Waals surface area (Å²) in [7, 11) is 0. The van der Waals surface area contributed by atoms with Crippen molar-refractivity contribution in [3.63, 3.8) is 0 Å². The third-order valence-electron chi connectivity index (χ3n) is 2.84. The number of hydrogen-bond acceptors (Lipinski definition) is 2. The van der Waals surface area contributed by atoms with E-state index in [-0.39, 0.29) is 5.75 Å². The standard InChI is InChI=1S/C16H16BrClFNO/c1-10(2)20-9-11-7-13(18)4-6-15(11)21-16-5-3-12(17)8-14(16)19/h3-8,10,20H,9H2,1-2H3. The molecule has 0 heterocycles. The molecule has 2 nitrogen and oxygen atoms in total. The molecule has 0 atom stereocenters. The molecule has 0 aliphatic heterocycles. The number of rotatable bonds is 5. The zero-order valence-electron chi connectivity index (χ0n) is 11.8. The van der Waals surface area contributed by atoms with Crippen molar-refractivity contribution in [2.45, 2.75) is 26.4 Å². The minimum Gasteiger partial charge on any atom is -0.454 e. The van der Waals surface area contributed by atoms with Crippen LogP contribution in [0.4, 0.5) is 4.39 Å². The molecule has 5 heteroatoms. The van der Waals surface area contributed by atoms with Crippen molar-refractivity contribution < 1.29 is 9.13 Å².